The van der Waals surface area contributed by atoms with E-state index in [4.69, 9.17) is 4.74 Å². The van der Waals surface area contributed by atoms with Gasteiger partial charge >= 0.3 is 0 Å². The lowest BCUT2D eigenvalue weighted by molar-refractivity contribution is 0.380. The second-order valence-electron chi connectivity index (χ2n) is 6.35. The van der Waals surface area contributed by atoms with Gasteiger partial charge in [0.1, 0.15) is 5.75 Å². The van der Waals surface area contributed by atoms with Gasteiger partial charge in [-0.25, -0.2) is 0 Å². The molecule has 0 amide bonds. The van der Waals surface area contributed by atoms with Crippen molar-refractivity contribution in [2.75, 3.05) is 14.2 Å². The molecule has 3 atom stereocenters. The van der Waals surface area contributed by atoms with Crippen LogP contribution < -0.4 is 10.1 Å². The van der Waals surface area contributed by atoms with Gasteiger partial charge in [-0.15, -0.1) is 0 Å². The van der Waals surface area contributed by atoms with Crippen LogP contribution in [0.3, 0.4) is 0 Å². The van der Waals surface area contributed by atoms with E-state index in [0.717, 1.165) is 23.5 Å². The maximum absolute atomic E-state index is 5.73. The Hall–Kier alpha value is -0.540. The van der Waals surface area contributed by atoms with Crippen molar-refractivity contribution in [3.05, 3.63) is 27.2 Å². The molecule has 1 aromatic rings. The average molecular weight is 338 g/mol. The molecule has 3 rings (SSSR count). The van der Waals surface area contributed by atoms with Crippen LogP contribution in [-0.4, -0.2) is 14.2 Å². The standard InChI is InChI=1S/C17H24BrNO/c1-9-8-13(18)10(2)14(17(9)20-4)16(19-3)15-11-6-5-7-12(11)15/h8,11-12,15-16,19H,5-7H2,1-4H3. The van der Waals surface area contributed by atoms with Crippen LogP contribution in [0.1, 0.15) is 42.0 Å². The molecule has 1 aromatic carbocycles. The van der Waals surface area contributed by atoms with E-state index in [1.807, 2.05) is 0 Å². The van der Waals surface area contributed by atoms with Gasteiger partial charge in [0.05, 0.1) is 7.11 Å². The van der Waals surface area contributed by atoms with E-state index in [2.05, 4.69) is 48.2 Å². The summed E-state index contributed by atoms with van der Waals surface area (Å²) in [5.41, 5.74) is 3.89. The fourth-order valence-electron chi connectivity index (χ4n) is 4.42. The van der Waals surface area contributed by atoms with E-state index in [1.165, 1.54) is 40.4 Å². The molecule has 2 nitrogen and oxygen atoms in total. The molecule has 2 aliphatic rings. The predicted octanol–water partition coefficient (Wildman–Crippen LogP) is 4.38. The highest BCUT2D eigenvalue weighted by molar-refractivity contribution is 9.10. The van der Waals surface area contributed by atoms with E-state index >= 15 is 0 Å². The largest absolute Gasteiger partial charge is 0.496 e. The molecule has 2 fully saturated rings. The first-order chi connectivity index (χ1) is 9.60. The Kier molecular flexibility index (Phi) is 3.85. The topological polar surface area (TPSA) is 21.3 Å². The lowest BCUT2D eigenvalue weighted by Crippen LogP contribution is -2.22. The van der Waals surface area contributed by atoms with Gasteiger partial charge in [-0.1, -0.05) is 22.4 Å². The van der Waals surface area contributed by atoms with E-state index in [-0.39, 0.29) is 0 Å². The third-order valence-electron chi connectivity index (χ3n) is 5.39. The lowest BCUT2D eigenvalue weighted by atomic mass is 9.91. The van der Waals surface area contributed by atoms with Gasteiger partial charge in [-0.2, -0.15) is 0 Å². The second-order valence-corrected chi connectivity index (χ2v) is 7.20. The first kappa shape index (κ1) is 14.4. The van der Waals surface area contributed by atoms with Crippen molar-refractivity contribution in [3.8, 4) is 5.75 Å². The van der Waals surface area contributed by atoms with Crippen LogP contribution >= 0.6 is 15.9 Å². The van der Waals surface area contributed by atoms with Crippen molar-refractivity contribution in [1.82, 2.24) is 5.32 Å². The molecule has 2 saturated carbocycles. The molecule has 20 heavy (non-hydrogen) atoms. The molecule has 3 heteroatoms. The zero-order chi connectivity index (χ0) is 14.4. The number of rotatable bonds is 4. The highest BCUT2D eigenvalue weighted by Crippen LogP contribution is 2.63. The minimum absolute atomic E-state index is 0.427. The maximum Gasteiger partial charge on any atom is 0.126 e. The number of aryl methyl sites for hydroxylation is 1. The summed E-state index contributed by atoms with van der Waals surface area (Å²) in [6, 6.07) is 2.59. The Balaban J connectivity index is 2.03. The van der Waals surface area contributed by atoms with Crippen molar-refractivity contribution in [2.24, 2.45) is 17.8 Å². The Bertz CT molecular complexity index is 518. The number of benzene rings is 1. The smallest absolute Gasteiger partial charge is 0.126 e. The van der Waals surface area contributed by atoms with Crippen LogP contribution in [0.15, 0.2) is 10.5 Å². The number of methoxy groups -OCH3 is 1. The first-order valence-electron chi connectivity index (χ1n) is 7.61. The van der Waals surface area contributed by atoms with Crippen LogP contribution in [0.4, 0.5) is 0 Å². The van der Waals surface area contributed by atoms with Gasteiger partial charge in [0, 0.05) is 16.1 Å². The molecule has 0 aliphatic heterocycles. The fourth-order valence-corrected chi connectivity index (χ4v) is 4.98. The third kappa shape index (κ3) is 2.10. The zero-order valence-corrected chi connectivity index (χ0v) is 14.4. The van der Waals surface area contributed by atoms with E-state index in [1.54, 1.807) is 7.11 Å². The van der Waals surface area contributed by atoms with Crippen molar-refractivity contribution in [1.29, 1.82) is 0 Å². The fraction of sp³-hybridized carbons (Fsp3) is 0.647. The molecule has 0 aromatic heterocycles. The van der Waals surface area contributed by atoms with Crippen molar-refractivity contribution in [2.45, 2.75) is 39.2 Å². The quantitative estimate of drug-likeness (QED) is 0.880. The zero-order valence-electron chi connectivity index (χ0n) is 12.8. The van der Waals surface area contributed by atoms with Gasteiger partial charge in [-0.05, 0) is 68.7 Å². The highest BCUT2D eigenvalue weighted by atomic mass is 79.9. The predicted molar refractivity (Wildman–Crippen MR) is 86.3 cm³/mol. The number of nitrogens with one attached hydrogen (secondary N) is 1. The van der Waals surface area contributed by atoms with Gasteiger partial charge < -0.3 is 10.1 Å². The summed E-state index contributed by atoms with van der Waals surface area (Å²) in [4.78, 5) is 0. The first-order valence-corrected chi connectivity index (χ1v) is 8.40. The number of halogens is 1. The number of fused-ring (bicyclic) bond motifs is 1. The minimum atomic E-state index is 0.427. The molecule has 0 saturated heterocycles. The summed E-state index contributed by atoms with van der Waals surface area (Å²) in [7, 11) is 3.88. The molecule has 110 valence electrons. The van der Waals surface area contributed by atoms with E-state index in [9.17, 15) is 0 Å². The molecular formula is C17H24BrNO. The lowest BCUT2D eigenvalue weighted by Gasteiger charge is -2.25. The monoisotopic (exact) mass is 337 g/mol. The summed E-state index contributed by atoms with van der Waals surface area (Å²) in [5.74, 6) is 3.75. The van der Waals surface area contributed by atoms with Crippen LogP contribution in [0, 0.1) is 31.6 Å². The summed E-state index contributed by atoms with van der Waals surface area (Å²) in [6.07, 6.45) is 4.26. The van der Waals surface area contributed by atoms with E-state index in [0.29, 0.717) is 6.04 Å². The van der Waals surface area contributed by atoms with Gasteiger partial charge in [0.15, 0.2) is 0 Å². The molecule has 0 heterocycles. The Labute approximate surface area is 130 Å². The minimum Gasteiger partial charge on any atom is -0.496 e. The van der Waals surface area contributed by atoms with Crippen LogP contribution in [-0.2, 0) is 0 Å². The molecule has 3 unspecified atom stereocenters. The van der Waals surface area contributed by atoms with Gasteiger partial charge in [0.2, 0.25) is 0 Å². The Morgan fingerprint density at radius 2 is 1.95 bits per heavy atom. The molecule has 1 N–H and O–H groups in total. The molecule has 0 bridgehead atoms. The number of ether oxygens (including phenoxy) is 1. The van der Waals surface area contributed by atoms with E-state index < -0.39 is 0 Å². The normalized spacial score (nSPS) is 29.1. The van der Waals surface area contributed by atoms with Gasteiger partial charge in [0.25, 0.3) is 0 Å². The molecule has 0 radical (unpaired) electrons. The van der Waals surface area contributed by atoms with Crippen LogP contribution in [0.5, 0.6) is 5.75 Å². The van der Waals surface area contributed by atoms with Crippen molar-refractivity contribution in [3.63, 3.8) is 0 Å². The van der Waals surface area contributed by atoms with Crippen LogP contribution in [0.2, 0.25) is 0 Å². The molecule has 0 spiro atoms. The highest BCUT2D eigenvalue weighted by Gasteiger charge is 2.56. The Morgan fingerprint density at radius 1 is 1.30 bits per heavy atom. The van der Waals surface area contributed by atoms with Crippen molar-refractivity contribution >= 4 is 15.9 Å². The molecular weight excluding hydrogens is 314 g/mol. The average Bonchev–Trinajstić information content (AvgIpc) is 2.89. The summed E-state index contributed by atoms with van der Waals surface area (Å²) in [5, 5.41) is 3.58. The number of hydrogen-bond acceptors (Lipinski definition) is 2. The maximum atomic E-state index is 5.73. The molecule has 2 aliphatic carbocycles. The number of hydrogen-bond donors (Lipinski definition) is 1. The summed E-state index contributed by atoms with van der Waals surface area (Å²) < 4.78 is 6.93. The Morgan fingerprint density at radius 3 is 2.50 bits per heavy atom. The van der Waals surface area contributed by atoms with Crippen LogP contribution in [0.25, 0.3) is 0 Å². The third-order valence-corrected chi connectivity index (χ3v) is 6.22. The summed E-state index contributed by atoms with van der Waals surface area (Å²) in [6.45, 7) is 4.33. The second kappa shape index (κ2) is 5.34. The SMILES string of the molecule is CNC(c1c(C)c(Br)cc(C)c1OC)C1C2CCCC21. The van der Waals surface area contributed by atoms with Crippen molar-refractivity contribution < 1.29 is 4.74 Å². The van der Waals surface area contributed by atoms with Gasteiger partial charge in [-0.3, -0.25) is 0 Å². The summed E-state index contributed by atoms with van der Waals surface area (Å²) >= 11 is 3.71.